The second-order valence-corrected chi connectivity index (χ2v) is 8.04. The first-order chi connectivity index (χ1) is 13.2. The third-order valence-corrected chi connectivity index (χ3v) is 6.52. The van der Waals surface area contributed by atoms with Crippen LogP contribution in [0.3, 0.4) is 0 Å². The van der Waals surface area contributed by atoms with Gasteiger partial charge in [0.1, 0.15) is 5.76 Å². The normalized spacial score (nSPS) is 16.9. The largest absolute Gasteiger partial charge is 0.464 e. The van der Waals surface area contributed by atoms with Crippen molar-refractivity contribution in [1.82, 2.24) is 5.32 Å². The molecule has 1 atom stereocenters. The summed E-state index contributed by atoms with van der Waals surface area (Å²) in [6, 6.07) is 15.4. The van der Waals surface area contributed by atoms with Gasteiger partial charge in [-0.1, -0.05) is 43.2 Å². The second-order valence-electron chi connectivity index (χ2n) is 7.09. The lowest BCUT2D eigenvalue weighted by atomic mass is 9.83. The van der Waals surface area contributed by atoms with Crippen LogP contribution in [0.4, 0.5) is 0 Å². The summed E-state index contributed by atoms with van der Waals surface area (Å²) in [4.78, 5) is 14.1. The number of aliphatic hydroxyl groups is 1. The first kappa shape index (κ1) is 18.0. The molecule has 2 heterocycles. The Morgan fingerprint density at radius 1 is 1.15 bits per heavy atom. The lowest BCUT2D eigenvalue weighted by Gasteiger charge is -2.27. The van der Waals surface area contributed by atoms with E-state index < -0.39 is 11.5 Å². The summed E-state index contributed by atoms with van der Waals surface area (Å²) in [7, 11) is 0. The van der Waals surface area contributed by atoms with Gasteiger partial charge in [0, 0.05) is 17.0 Å². The van der Waals surface area contributed by atoms with Crippen LogP contribution in [-0.2, 0) is 10.2 Å². The van der Waals surface area contributed by atoms with E-state index in [1.807, 2.05) is 47.8 Å². The molecule has 2 N–H and O–H groups in total. The van der Waals surface area contributed by atoms with E-state index in [-0.39, 0.29) is 12.5 Å². The molecule has 0 bridgehead atoms. The van der Waals surface area contributed by atoms with Crippen LogP contribution in [0.25, 0.3) is 11.3 Å². The number of hydrogen-bond acceptors (Lipinski definition) is 4. The lowest BCUT2D eigenvalue weighted by Crippen LogP contribution is -2.43. The molecule has 1 aliphatic carbocycles. The summed E-state index contributed by atoms with van der Waals surface area (Å²) in [6.45, 7) is 0.214. The van der Waals surface area contributed by atoms with Crippen molar-refractivity contribution in [3.05, 3.63) is 70.6 Å². The Morgan fingerprint density at radius 2 is 1.93 bits per heavy atom. The molecule has 1 amide bonds. The Bertz CT molecular complexity index is 863. The summed E-state index contributed by atoms with van der Waals surface area (Å²) in [5.74, 6) is 0.831. The van der Waals surface area contributed by atoms with E-state index in [2.05, 4.69) is 11.4 Å². The summed E-state index contributed by atoms with van der Waals surface area (Å²) in [5, 5.41) is 15.5. The number of benzene rings is 1. The smallest absolute Gasteiger partial charge is 0.231 e. The van der Waals surface area contributed by atoms with Gasteiger partial charge in [0.2, 0.25) is 5.91 Å². The molecule has 5 heteroatoms. The van der Waals surface area contributed by atoms with E-state index in [0.717, 1.165) is 47.4 Å². The highest BCUT2D eigenvalue weighted by Gasteiger charge is 2.43. The molecule has 0 saturated heterocycles. The van der Waals surface area contributed by atoms with Crippen molar-refractivity contribution in [2.75, 3.05) is 6.54 Å². The summed E-state index contributed by atoms with van der Waals surface area (Å²) in [6.07, 6.45) is 4.81. The minimum Gasteiger partial charge on any atom is -0.464 e. The van der Waals surface area contributed by atoms with Gasteiger partial charge in [0.05, 0.1) is 17.8 Å². The molecule has 1 aromatic carbocycles. The van der Waals surface area contributed by atoms with Crippen molar-refractivity contribution in [1.29, 1.82) is 0 Å². The topological polar surface area (TPSA) is 62.5 Å². The number of amides is 1. The SMILES string of the molecule is O=C(NC[C@H](O)c1ccc(-c2ccco2)cc1)C1(c2cccs2)CCCC1. The highest BCUT2D eigenvalue weighted by atomic mass is 32.1. The number of carbonyl (C=O) groups excluding carboxylic acids is 1. The van der Waals surface area contributed by atoms with Crippen LogP contribution < -0.4 is 5.32 Å². The number of rotatable bonds is 6. The van der Waals surface area contributed by atoms with Crippen molar-refractivity contribution in [3.63, 3.8) is 0 Å². The summed E-state index contributed by atoms with van der Waals surface area (Å²) in [5.41, 5.74) is 1.32. The van der Waals surface area contributed by atoms with Crippen LogP contribution in [0, 0.1) is 0 Å². The highest BCUT2D eigenvalue weighted by molar-refractivity contribution is 7.10. The fourth-order valence-electron chi connectivity index (χ4n) is 3.90. The molecule has 0 radical (unpaired) electrons. The molecule has 2 aromatic heterocycles. The zero-order valence-corrected chi connectivity index (χ0v) is 15.9. The third-order valence-electron chi connectivity index (χ3n) is 5.44. The second kappa shape index (κ2) is 7.71. The molecule has 0 aliphatic heterocycles. The number of aliphatic hydroxyl groups excluding tert-OH is 1. The molecule has 1 saturated carbocycles. The van der Waals surface area contributed by atoms with Gasteiger partial charge in [-0.15, -0.1) is 11.3 Å². The quantitative estimate of drug-likeness (QED) is 0.652. The molecule has 4 rings (SSSR count). The van der Waals surface area contributed by atoms with E-state index >= 15 is 0 Å². The highest BCUT2D eigenvalue weighted by Crippen LogP contribution is 2.43. The number of hydrogen-bond donors (Lipinski definition) is 2. The predicted octanol–water partition coefficient (Wildman–Crippen LogP) is 4.67. The van der Waals surface area contributed by atoms with Crippen LogP contribution in [-0.4, -0.2) is 17.6 Å². The molecular weight excluding hydrogens is 358 g/mol. The van der Waals surface area contributed by atoms with Gasteiger partial charge in [-0.25, -0.2) is 0 Å². The maximum absolute atomic E-state index is 13.0. The van der Waals surface area contributed by atoms with Crippen LogP contribution in [0.1, 0.15) is 42.2 Å². The zero-order valence-electron chi connectivity index (χ0n) is 15.1. The maximum Gasteiger partial charge on any atom is 0.231 e. The van der Waals surface area contributed by atoms with Gasteiger partial charge >= 0.3 is 0 Å². The average Bonchev–Trinajstić information content (AvgIpc) is 3.47. The molecule has 27 heavy (non-hydrogen) atoms. The number of carbonyl (C=O) groups is 1. The molecular formula is C22H23NO3S. The van der Waals surface area contributed by atoms with Crippen molar-refractivity contribution in [2.24, 2.45) is 0 Å². The van der Waals surface area contributed by atoms with Crippen LogP contribution in [0.15, 0.2) is 64.6 Å². The fourth-order valence-corrected chi connectivity index (χ4v) is 4.89. The molecule has 0 spiro atoms. The molecule has 3 aromatic rings. The molecule has 140 valence electrons. The van der Waals surface area contributed by atoms with E-state index in [9.17, 15) is 9.90 Å². The number of thiophene rings is 1. The maximum atomic E-state index is 13.0. The zero-order chi connectivity index (χ0) is 18.7. The van der Waals surface area contributed by atoms with Crippen LogP contribution >= 0.6 is 11.3 Å². The molecule has 0 unspecified atom stereocenters. The van der Waals surface area contributed by atoms with E-state index in [1.165, 1.54) is 0 Å². The number of nitrogens with one attached hydrogen (secondary N) is 1. The molecule has 1 fully saturated rings. The Balaban J connectivity index is 1.41. The third kappa shape index (κ3) is 3.57. The Kier molecular flexibility index (Phi) is 5.14. The van der Waals surface area contributed by atoms with Crippen molar-refractivity contribution < 1.29 is 14.3 Å². The van der Waals surface area contributed by atoms with Crippen molar-refractivity contribution >= 4 is 17.2 Å². The van der Waals surface area contributed by atoms with Gasteiger partial charge in [-0.05, 0) is 42.0 Å². The van der Waals surface area contributed by atoms with Crippen LogP contribution in [0.5, 0.6) is 0 Å². The van der Waals surface area contributed by atoms with Crippen LogP contribution in [0.2, 0.25) is 0 Å². The van der Waals surface area contributed by atoms with E-state index in [4.69, 9.17) is 4.42 Å². The first-order valence-electron chi connectivity index (χ1n) is 9.33. The monoisotopic (exact) mass is 381 g/mol. The molecule has 1 aliphatic rings. The Morgan fingerprint density at radius 3 is 2.56 bits per heavy atom. The minimum atomic E-state index is -0.735. The summed E-state index contributed by atoms with van der Waals surface area (Å²) >= 11 is 1.65. The van der Waals surface area contributed by atoms with Gasteiger partial charge < -0.3 is 14.8 Å². The first-order valence-corrected chi connectivity index (χ1v) is 10.2. The van der Waals surface area contributed by atoms with E-state index in [0.29, 0.717) is 0 Å². The van der Waals surface area contributed by atoms with Crippen molar-refractivity contribution in [3.8, 4) is 11.3 Å². The minimum absolute atomic E-state index is 0.0358. The van der Waals surface area contributed by atoms with E-state index in [1.54, 1.807) is 17.6 Å². The fraction of sp³-hybridized carbons (Fsp3) is 0.318. The standard InChI is InChI=1S/C22H23NO3S/c24-18(16-7-9-17(10-8-16)19-5-3-13-26-19)15-23-21(25)22(11-1-2-12-22)20-6-4-14-27-20/h3-10,13-14,18,24H,1-2,11-12,15H2,(H,23,25)/t18-/m0/s1. The average molecular weight is 381 g/mol. The van der Waals surface area contributed by atoms with Crippen molar-refractivity contribution in [2.45, 2.75) is 37.2 Å². The number of furan rings is 1. The predicted molar refractivity (Wildman–Crippen MR) is 107 cm³/mol. The Labute approximate surface area is 162 Å². The lowest BCUT2D eigenvalue weighted by molar-refractivity contribution is -0.127. The summed E-state index contributed by atoms with van der Waals surface area (Å²) < 4.78 is 5.38. The van der Waals surface area contributed by atoms with Gasteiger partial charge in [0.15, 0.2) is 0 Å². The van der Waals surface area contributed by atoms with Gasteiger partial charge in [-0.3, -0.25) is 4.79 Å². The van der Waals surface area contributed by atoms with Gasteiger partial charge in [0.25, 0.3) is 0 Å². The molecule has 4 nitrogen and oxygen atoms in total. The van der Waals surface area contributed by atoms with Gasteiger partial charge in [-0.2, -0.15) is 0 Å². The Hall–Kier alpha value is -2.37.